The van der Waals surface area contributed by atoms with Crippen LogP contribution in [0, 0.1) is 18.7 Å². The first-order valence-corrected chi connectivity index (χ1v) is 15.2. The quantitative estimate of drug-likeness (QED) is 0.253. The number of rotatable bonds is 7. The highest BCUT2D eigenvalue weighted by Crippen LogP contribution is 2.41. The number of aromatic nitrogens is 1. The van der Waals surface area contributed by atoms with Crippen molar-refractivity contribution in [1.82, 2.24) is 14.2 Å². The molecule has 2 fully saturated rings. The standard InChI is InChI=1S/C30H28F7N3O3S.ClH/c1-18-11-22(31)4-7-25(18)27-17-39(44(42,43)24-3-2-9-38-15-24)10-8-26(27)28(41)40(23-5-6-23)16-19-12-20(29(32,33)34)14-21(13-19)30(35,36)37;/h2-4,7,9,11-15,23,26-27H,5-6,8,10,16-17H2,1H3;1H/t26-,27+;/m1./s1. The Labute approximate surface area is 261 Å². The Morgan fingerprint density at radius 2 is 1.62 bits per heavy atom. The molecule has 3 aromatic rings. The van der Waals surface area contributed by atoms with Crippen LogP contribution in [0.1, 0.15) is 53.0 Å². The van der Waals surface area contributed by atoms with Crippen molar-refractivity contribution in [3.8, 4) is 0 Å². The van der Waals surface area contributed by atoms with Gasteiger partial charge in [-0.05, 0) is 85.3 Å². The lowest BCUT2D eigenvalue weighted by Gasteiger charge is -2.40. The number of sulfonamides is 1. The Morgan fingerprint density at radius 3 is 2.16 bits per heavy atom. The van der Waals surface area contributed by atoms with E-state index in [0.717, 1.165) is 0 Å². The molecule has 45 heavy (non-hydrogen) atoms. The molecule has 1 saturated carbocycles. The van der Waals surface area contributed by atoms with Gasteiger partial charge in [-0.3, -0.25) is 9.78 Å². The second-order valence-electron chi connectivity index (χ2n) is 11.2. The molecule has 2 aromatic carbocycles. The summed E-state index contributed by atoms with van der Waals surface area (Å²) in [6, 6.07) is 7.65. The lowest BCUT2D eigenvalue weighted by atomic mass is 9.79. The van der Waals surface area contributed by atoms with Crippen LogP contribution in [0.5, 0.6) is 0 Å². The fraction of sp³-hybridized carbons (Fsp3) is 0.400. The summed E-state index contributed by atoms with van der Waals surface area (Å²) in [6.45, 7) is 0.916. The number of hydrogen-bond acceptors (Lipinski definition) is 4. The number of aryl methyl sites for hydroxylation is 1. The van der Waals surface area contributed by atoms with Crippen LogP contribution in [0.2, 0.25) is 0 Å². The van der Waals surface area contributed by atoms with Crippen molar-refractivity contribution in [1.29, 1.82) is 0 Å². The number of benzene rings is 2. The number of pyridine rings is 1. The number of halogens is 8. The molecule has 1 aliphatic heterocycles. The Balaban J connectivity index is 0.00000461. The van der Waals surface area contributed by atoms with Crippen molar-refractivity contribution in [3.63, 3.8) is 0 Å². The van der Waals surface area contributed by atoms with Crippen LogP contribution in [0.15, 0.2) is 65.8 Å². The Kier molecular flexibility index (Phi) is 9.91. The highest BCUT2D eigenvalue weighted by molar-refractivity contribution is 7.89. The second-order valence-corrected chi connectivity index (χ2v) is 13.1. The van der Waals surface area contributed by atoms with Gasteiger partial charge in [0.1, 0.15) is 10.7 Å². The third-order valence-corrected chi connectivity index (χ3v) is 9.92. The topological polar surface area (TPSA) is 70.6 Å². The summed E-state index contributed by atoms with van der Waals surface area (Å²) < 4.78 is 123. The van der Waals surface area contributed by atoms with Crippen LogP contribution >= 0.6 is 12.4 Å². The molecule has 5 rings (SSSR count). The van der Waals surface area contributed by atoms with Gasteiger partial charge in [-0.25, -0.2) is 12.8 Å². The van der Waals surface area contributed by atoms with Crippen LogP contribution in [0.3, 0.4) is 0 Å². The molecule has 2 heterocycles. The van der Waals surface area contributed by atoms with Crippen molar-refractivity contribution in [2.45, 2.75) is 61.9 Å². The normalized spacial score (nSPS) is 19.6. The first-order chi connectivity index (χ1) is 20.6. The smallest absolute Gasteiger partial charge is 0.335 e. The van der Waals surface area contributed by atoms with Crippen LogP contribution in [-0.2, 0) is 33.7 Å². The summed E-state index contributed by atoms with van der Waals surface area (Å²) in [5.74, 6) is -2.68. The minimum atomic E-state index is -5.04. The summed E-state index contributed by atoms with van der Waals surface area (Å²) in [7, 11) is -4.02. The third-order valence-electron chi connectivity index (χ3n) is 8.07. The number of carbonyl (C=O) groups is 1. The fourth-order valence-electron chi connectivity index (χ4n) is 5.75. The van der Waals surface area contributed by atoms with E-state index in [1.54, 1.807) is 6.92 Å². The molecule has 2 aliphatic rings. The summed E-state index contributed by atoms with van der Waals surface area (Å²) in [5, 5.41) is 0. The summed E-state index contributed by atoms with van der Waals surface area (Å²) in [6.07, 6.45) is -6.40. The molecular formula is C30H29ClF7N3O3S. The zero-order valence-corrected chi connectivity index (χ0v) is 25.4. The van der Waals surface area contributed by atoms with E-state index in [4.69, 9.17) is 0 Å². The molecule has 1 saturated heterocycles. The molecule has 0 bridgehead atoms. The number of amides is 1. The van der Waals surface area contributed by atoms with Crippen LogP contribution in [-0.4, -0.2) is 47.6 Å². The fourth-order valence-corrected chi connectivity index (χ4v) is 7.19. The van der Waals surface area contributed by atoms with Gasteiger partial charge in [0.05, 0.1) is 11.1 Å². The van der Waals surface area contributed by atoms with E-state index in [-0.39, 0.29) is 48.4 Å². The Morgan fingerprint density at radius 1 is 0.978 bits per heavy atom. The van der Waals surface area contributed by atoms with Crippen molar-refractivity contribution in [2.75, 3.05) is 13.1 Å². The van der Waals surface area contributed by atoms with E-state index in [9.17, 15) is 43.9 Å². The van der Waals surface area contributed by atoms with Crippen molar-refractivity contribution in [3.05, 3.63) is 94.6 Å². The molecule has 0 unspecified atom stereocenters. The van der Waals surface area contributed by atoms with Crippen molar-refractivity contribution in [2.24, 2.45) is 5.92 Å². The van der Waals surface area contributed by atoms with Gasteiger partial charge in [0, 0.05) is 49.9 Å². The van der Waals surface area contributed by atoms with Crippen LogP contribution < -0.4 is 0 Å². The second kappa shape index (κ2) is 12.9. The molecule has 6 nitrogen and oxygen atoms in total. The van der Waals surface area contributed by atoms with E-state index in [0.29, 0.717) is 36.1 Å². The molecule has 0 radical (unpaired) electrons. The number of alkyl halides is 6. The van der Waals surface area contributed by atoms with E-state index < -0.39 is 69.6 Å². The predicted octanol–water partition coefficient (Wildman–Crippen LogP) is 6.97. The minimum Gasteiger partial charge on any atom is -0.335 e. The Bertz CT molecular complexity index is 1620. The SMILES string of the molecule is Cc1cc(F)ccc1[C@@H]1CN(S(=O)(=O)c2cccnc2)CC[C@H]1C(=O)N(Cc1cc(C(F)(F)F)cc(C(F)(F)F)c1)C1CC1.Cl. The van der Waals surface area contributed by atoms with Gasteiger partial charge in [-0.15, -0.1) is 12.4 Å². The first-order valence-electron chi connectivity index (χ1n) is 13.8. The minimum absolute atomic E-state index is 0. The van der Waals surface area contributed by atoms with E-state index >= 15 is 0 Å². The molecule has 1 aliphatic carbocycles. The summed E-state index contributed by atoms with van der Waals surface area (Å²) in [4.78, 5) is 19.3. The summed E-state index contributed by atoms with van der Waals surface area (Å²) >= 11 is 0. The molecule has 1 amide bonds. The number of nitrogens with zero attached hydrogens (tertiary/aromatic N) is 3. The third kappa shape index (κ3) is 7.60. The largest absolute Gasteiger partial charge is 0.416 e. The van der Waals surface area contributed by atoms with Gasteiger partial charge in [0.15, 0.2) is 0 Å². The van der Waals surface area contributed by atoms with Gasteiger partial charge in [0.2, 0.25) is 15.9 Å². The molecule has 0 N–H and O–H groups in total. The monoisotopic (exact) mass is 679 g/mol. The molecule has 1 aromatic heterocycles. The van der Waals surface area contributed by atoms with Crippen molar-refractivity contribution >= 4 is 28.3 Å². The van der Waals surface area contributed by atoms with Gasteiger partial charge >= 0.3 is 12.4 Å². The molecular weight excluding hydrogens is 651 g/mol. The maximum atomic E-state index is 14.2. The predicted molar refractivity (Wildman–Crippen MR) is 152 cm³/mol. The average molecular weight is 680 g/mol. The van der Waals surface area contributed by atoms with Crippen LogP contribution in [0.25, 0.3) is 0 Å². The van der Waals surface area contributed by atoms with E-state index in [1.165, 1.54) is 51.9 Å². The van der Waals surface area contributed by atoms with E-state index in [1.807, 2.05) is 0 Å². The Hall–Kier alpha value is -3.23. The maximum Gasteiger partial charge on any atom is 0.416 e. The highest BCUT2D eigenvalue weighted by atomic mass is 35.5. The molecule has 244 valence electrons. The lowest BCUT2D eigenvalue weighted by molar-refractivity contribution is -0.143. The van der Waals surface area contributed by atoms with Crippen LogP contribution in [0.4, 0.5) is 30.7 Å². The molecule has 0 spiro atoms. The van der Waals surface area contributed by atoms with Crippen molar-refractivity contribution < 1.29 is 43.9 Å². The van der Waals surface area contributed by atoms with Gasteiger partial charge in [-0.1, -0.05) is 6.07 Å². The zero-order chi connectivity index (χ0) is 32.0. The lowest BCUT2D eigenvalue weighted by Crippen LogP contribution is -2.48. The summed E-state index contributed by atoms with van der Waals surface area (Å²) in [5.41, 5.74) is -2.28. The van der Waals surface area contributed by atoms with E-state index in [2.05, 4.69) is 4.98 Å². The van der Waals surface area contributed by atoms with Gasteiger partial charge in [0.25, 0.3) is 0 Å². The molecule has 2 atom stereocenters. The molecule has 15 heteroatoms. The first kappa shape index (κ1) is 34.6. The average Bonchev–Trinajstić information content (AvgIpc) is 3.80. The van der Waals surface area contributed by atoms with Gasteiger partial charge < -0.3 is 4.90 Å². The number of carbonyl (C=O) groups excluding carboxylic acids is 1. The zero-order valence-electron chi connectivity index (χ0n) is 23.8. The number of piperidine rings is 1. The highest BCUT2D eigenvalue weighted by Gasteiger charge is 2.45. The maximum absolute atomic E-state index is 14.2. The number of hydrogen-bond donors (Lipinski definition) is 0. The van der Waals surface area contributed by atoms with Gasteiger partial charge in [-0.2, -0.15) is 30.6 Å².